The molecule has 1 aromatic carbocycles. The zero-order valence-corrected chi connectivity index (χ0v) is 11.3. The molecule has 1 fully saturated rings. The Bertz CT molecular complexity index is 645. The van der Waals surface area contributed by atoms with Gasteiger partial charge in [0, 0.05) is 12.0 Å². The number of carbonyl (C=O) groups excluding carboxylic acids is 1. The second-order valence-electron chi connectivity index (χ2n) is 5.77. The molecule has 0 radical (unpaired) electrons. The van der Waals surface area contributed by atoms with Crippen molar-refractivity contribution in [2.75, 3.05) is 11.9 Å². The van der Waals surface area contributed by atoms with Gasteiger partial charge in [0.25, 0.3) is 6.01 Å². The van der Waals surface area contributed by atoms with Gasteiger partial charge in [0.1, 0.15) is 11.6 Å². The van der Waals surface area contributed by atoms with Gasteiger partial charge in [-0.25, -0.2) is 0 Å². The first-order chi connectivity index (χ1) is 8.95. The SMILES string of the molecule is Cc1ccc2oc(N[C@@H]3C(=O)NCC3(C)C)nc2c1. The molecule has 1 amide bonds. The van der Waals surface area contributed by atoms with Crippen LogP contribution < -0.4 is 10.6 Å². The molecule has 0 aliphatic carbocycles. The fraction of sp³-hybridized carbons (Fsp3) is 0.429. The van der Waals surface area contributed by atoms with E-state index in [2.05, 4.69) is 15.6 Å². The number of aryl methyl sites for hydroxylation is 1. The molecule has 5 nitrogen and oxygen atoms in total. The normalized spacial score (nSPS) is 21.6. The molecule has 5 heteroatoms. The summed E-state index contributed by atoms with van der Waals surface area (Å²) < 4.78 is 5.62. The zero-order chi connectivity index (χ0) is 13.6. The lowest BCUT2D eigenvalue weighted by atomic mass is 9.88. The van der Waals surface area contributed by atoms with E-state index in [0.717, 1.165) is 16.7 Å². The Morgan fingerprint density at radius 3 is 2.95 bits per heavy atom. The predicted molar refractivity (Wildman–Crippen MR) is 72.9 cm³/mol. The molecule has 2 N–H and O–H groups in total. The molecule has 19 heavy (non-hydrogen) atoms. The highest BCUT2D eigenvalue weighted by molar-refractivity contribution is 5.87. The van der Waals surface area contributed by atoms with Gasteiger partial charge in [0.15, 0.2) is 5.58 Å². The smallest absolute Gasteiger partial charge is 0.296 e. The summed E-state index contributed by atoms with van der Waals surface area (Å²) in [7, 11) is 0. The van der Waals surface area contributed by atoms with Crippen molar-refractivity contribution in [3.05, 3.63) is 23.8 Å². The molecule has 3 rings (SSSR count). The molecule has 1 aliphatic rings. The molecule has 0 unspecified atom stereocenters. The van der Waals surface area contributed by atoms with Gasteiger partial charge in [-0.15, -0.1) is 0 Å². The van der Waals surface area contributed by atoms with Gasteiger partial charge in [-0.2, -0.15) is 4.98 Å². The van der Waals surface area contributed by atoms with Gasteiger partial charge >= 0.3 is 0 Å². The molecule has 0 saturated carbocycles. The van der Waals surface area contributed by atoms with Gasteiger partial charge in [-0.3, -0.25) is 4.79 Å². The number of rotatable bonds is 2. The fourth-order valence-corrected chi connectivity index (χ4v) is 2.36. The Hall–Kier alpha value is -2.04. The van der Waals surface area contributed by atoms with Gasteiger partial charge in [0.05, 0.1) is 0 Å². The van der Waals surface area contributed by atoms with Crippen LogP contribution in [0.4, 0.5) is 6.01 Å². The number of nitrogens with one attached hydrogen (secondary N) is 2. The van der Waals surface area contributed by atoms with Gasteiger partial charge in [-0.1, -0.05) is 19.9 Å². The van der Waals surface area contributed by atoms with Crippen molar-refractivity contribution >= 4 is 23.0 Å². The predicted octanol–water partition coefficient (Wildman–Crippen LogP) is 2.07. The van der Waals surface area contributed by atoms with Crippen molar-refractivity contribution < 1.29 is 9.21 Å². The molecule has 0 spiro atoms. The highest BCUT2D eigenvalue weighted by atomic mass is 16.4. The van der Waals surface area contributed by atoms with E-state index >= 15 is 0 Å². The number of nitrogens with zero attached hydrogens (tertiary/aromatic N) is 1. The largest absolute Gasteiger partial charge is 0.424 e. The Kier molecular flexibility index (Phi) is 2.52. The first-order valence-electron chi connectivity index (χ1n) is 6.37. The summed E-state index contributed by atoms with van der Waals surface area (Å²) in [4.78, 5) is 16.2. The lowest BCUT2D eigenvalue weighted by Crippen LogP contribution is -2.37. The minimum absolute atomic E-state index is 0.0107. The van der Waals surface area contributed by atoms with E-state index in [1.54, 1.807) is 0 Å². The third-order valence-corrected chi connectivity index (χ3v) is 3.57. The van der Waals surface area contributed by atoms with E-state index in [1.807, 2.05) is 39.0 Å². The second-order valence-corrected chi connectivity index (χ2v) is 5.77. The van der Waals surface area contributed by atoms with Crippen molar-refractivity contribution in [3.8, 4) is 0 Å². The summed E-state index contributed by atoms with van der Waals surface area (Å²) in [5, 5.41) is 5.95. The fourth-order valence-electron chi connectivity index (χ4n) is 2.36. The van der Waals surface area contributed by atoms with Crippen molar-refractivity contribution in [2.24, 2.45) is 5.41 Å². The quantitative estimate of drug-likeness (QED) is 0.866. The lowest BCUT2D eigenvalue weighted by Gasteiger charge is -2.23. The molecule has 1 atom stereocenters. The zero-order valence-electron chi connectivity index (χ0n) is 11.3. The van der Waals surface area contributed by atoms with E-state index in [1.165, 1.54) is 0 Å². The average Bonchev–Trinajstić information content (AvgIpc) is 2.84. The number of aromatic nitrogens is 1. The number of fused-ring (bicyclic) bond motifs is 1. The summed E-state index contributed by atoms with van der Waals surface area (Å²) in [6.45, 7) is 6.74. The van der Waals surface area contributed by atoms with Crippen molar-refractivity contribution in [1.82, 2.24) is 10.3 Å². The standard InChI is InChI=1S/C14H17N3O2/c1-8-4-5-10-9(6-8)16-13(19-10)17-11-12(18)15-7-14(11,2)3/h4-6,11H,7H2,1-3H3,(H,15,18)(H,16,17)/t11-/m1/s1. The van der Waals surface area contributed by atoms with Gasteiger partial charge in [-0.05, 0) is 24.6 Å². The number of hydrogen-bond acceptors (Lipinski definition) is 4. The maximum Gasteiger partial charge on any atom is 0.296 e. The van der Waals surface area contributed by atoms with Crippen molar-refractivity contribution in [2.45, 2.75) is 26.8 Å². The van der Waals surface area contributed by atoms with Gasteiger partial charge < -0.3 is 15.1 Å². The molecule has 1 aliphatic heterocycles. The molecular formula is C14H17N3O2. The Labute approximate surface area is 111 Å². The van der Waals surface area contributed by atoms with E-state index in [-0.39, 0.29) is 17.4 Å². The Morgan fingerprint density at radius 1 is 1.47 bits per heavy atom. The highest BCUT2D eigenvalue weighted by Crippen LogP contribution is 2.29. The topological polar surface area (TPSA) is 67.2 Å². The molecule has 1 saturated heterocycles. The number of benzene rings is 1. The number of carbonyl (C=O) groups is 1. The van der Waals surface area contributed by atoms with Crippen LogP contribution in [-0.2, 0) is 4.79 Å². The first kappa shape index (κ1) is 12.0. The van der Waals surface area contributed by atoms with Crippen LogP contribution in [0.1, 0.15) is 19.4 Å². The summed E-state index contributed by atoms with van der Waals surface area (Å²) in [6.07, 6.45) is 0. The van der Waals surface area contributed by atoms with Gasteiger partial charge in [0.2, 0.25) is 5.91 Å². The number of anilines is 1. The van der Waals surface area contributed by atoms with Crippen LogP contribution >= 0.6 is 0 Å². The molecule has 1 aromatic heterocycles. The molecule has 2 aromatic rings. The molecule has 100 valence electrons. The highest BCUT2D eigenvalue weighted by Gasteiger charge is 2.41. The van der Waals surface area contributed by atoms with Crippen molar-refractivity contribution in [1.29, 1.82) is 0 Å². The number of oxazole rings is 1. The monoisotopic (exact) mass is 259 g/mol. The third-order valence-electron chi connectivity index (χ3n) is 3.57. The maximum atomic E-state index is 11.8. The summed E-state index contributed by atoms with van der Waals surface area (Å²) in [5.74, 6) is -0.0107. The molecular weight excluding hydrogens is 242 g/mol. The van der Waals surface area contributed by atoms with Crippen LogP contribution in [0.5, 0.6) is 0 Å². The van der Waals surface area contributed by atoms with Crippen LogP contribution in [0.3, 0.4) is 0 Å². The van der Waals surface area contributed by atoms with Crippen molar-refractivity contribution in [3.63, 3.8) is 0 Å². The van der Waals surface area contributed by atoms with Crippen LogP contribution in [0.2, 0.25) is 0 Å². The van der Waals surface area contributed by atoms with E-state index < -0.39 is 0 Å². The number of hydrogen-bond donors (Lipinski definition) is 2. The minimum atomic E-state index is -0.318. The first-order valence-corrected chi connectivity index (χ1v) is 6.37. The summed E-state index contributed by atoms with van der Waals surface area (Å²) in [5.41, 5.74) is 2.50. The van der Waals surface area contributed by atoms with E-state index in [9.17, 15) is 4.79 Å². The summed E-state index contributed by atoms with van der Waals surface area (Å²) >= 11 is 0. The maximum absolute atomic E-state index is 11.8. The van der Waals surface area contributed by atoms with Crippen LogP contribution in [-0.4, -0.2) is 23.5 Å². The van der Waals surface area contributed by atoms with E-state index in [0.29, 0.717) is 12.6 Å². The minimum Gasteiger partial charge on any atom is -0.424 e. The summed E-state index contributed by atoms with van der Waals surface area (Å²) in [6, 6.07) is 5.91. The van der Waals surface area contributed by atoms with Crippen LogP contribution in [0.15, 0.2) is 22.6 Å². The lowest BCUT2D eigenvalue weighted by molar-refractivity contribution is -0.120. The Morgan fingerprint density at radius 2 is 2.26 bits per heavy atom. The second kappa shape index (κ2) is 3.98. The van der Waals surface area contributed by atoms with Crippen LogP contribution in [0.25, 0.3) is 11.1 Å². The number of amides is 1. The Balaban J connectivity index is 1.91. The molecule has 0 bridgehead atoms. The molecule has 2 heterocycles. The third kappa shape index (κ3) is 2.05. The average molecular weight is 259 g/mol. The van der Waals surface area contributed by atoms with E-state index in [4.69, 9.17) is 4.42 Å². The van der Waals surface area contributed by atoms with Crippen LogP contribution in [0, 0.1) is 12.3 Å².